The first-order valence-electron chi connectivity index (χ1n) is 10.1. The van der Waals surface area contributed by atoms with Gasteiger partial charge in [0.15, 0.2) is 11.5 Å². The number of hydrogen-bond acceptors (Lipinski definition) is 8. The molecule has 0 radical (unpaired) electrons. The Hall–Kier alpha value is -1.91. The van der Waals surface area contributed by atoms with Crippen LogP contribution in [0.1, 0.15) is 16.7 Å². The van der Waals surface area contributed by atoms with Gasteiger partial charge in [0.2, 0.25) is 5.79 Å². The van der Waals surface area contributed by atoms with Crippen molar-refractivity contribution in [2.24, 2.45) is 0 Å². The molecule has 4 N–H and O–H groups in total. The van der Waals surface area contributed by atoms with Gasteiger partial charge in [-0.3, -0.25) is 0 Å². The molecule has 3 aliphatic rings. The Morgan fingerprint density at radius 2 is 1.74 bits per heavy atom. The third-order valence-corrected chi connectivity index (χ3v) is 6.55. The van der Waals surface area contributed by atoms with Crippen LogP contribution in [0.2, 0.25) is 5.02 Å². The lowest BCUT2D eigenvalue weighted by molar-refractivity contribution is -0.329. The van der Waals surface area contributed by atoms with Crippen LogP contribution in [0.5, 0.6) is 11.5 Å². The van der Waals surface area contributed by atoms with Gasteiger partial charge in [-0.15, -0.1) is 0 Å². The second-order valence-electron chi connectivity index (χ2n) is 8.12. The van der Waals surface area contributed by atoms with E-state index < -0.39 is 36.3 Å². The fourth-order valence-electron chi connectivity index (χ4n) is 4.42. The molecule has 9 heteroatoms. The SMILES string of the molecule is OC[C@@]12COC(c3ccc(Cl)c(Cc4ccc5c(c4)OCCO5)c3)(O1)C(O)C(O)C2O. The quantitative estimate of drug-likeness (QED) is 0.538. The van der Waals surface area contributed by atoms with Crippen molar-refractivity contribution >= 4 is 11.6 Å². The fraction of sp³-hybridized carbons (Fsp3) is 0.455. The number of fused-ring (bicyclic) bond motifs is 3. The van der Waals surface area contributed by atoms with E-state index in [0.717, 1.165) is 11.1 Å². The zero-order chi connectivity index (χ0) is 21.8. The largest absolute Gasteiger partial charge is 0.486 e. The molecule has 2 bridgehead atoms. The molecular weight excluding hydrogens is 428 g/mol. The molecule has 0 saturated carbocycles. The molecule has 31 heavy (non-hydrogen) atoms. The van der Waals surface area contributed by atoms with Gasteiger partial charge in [0.1, 0.15) is 37.1 Å². The minimum absolute atomic E-state index is 0.182. The maximum absolute atomic E-state index is 10.7. The lowest BCUT2D eigenvalue weighted by Gasteiger charge is -2.46. The van der Waals surface area contributed by atoms with Gasteiger partial charge >= 0.3 is 0 Å². The number of benzene rings is 2. The molecule has 2 aromatic rings. The van der Waals surface area contributed by atoms with Crippen LogP contribution in [-0.2, 0) is 21.7 Å². The number of hydrogen-bond donors (Lipinski definition) is 4. The van der Waals surface area contributed by atoms with Crippen LogP contribution in [0.4, 0.5) is 0 Å². The second kappa shape index (κ2) is 7.60. The Labute approximate surface area is 183 Å². The van der Waals surface area contributed by atoms with Gasteiger partial charge in [0.25, 0.3) is 0 Å². The van der Waals surface area contributed by atoms with Gasteiger partial charge in [-0.05, 0) is 41.8 Å². The highest BCUT2D eigenvalue weighted by atomic mass is 35.5. The molecule has 5 rings (SSSR count). The molecule has 5 atom stereocenters. The molecule has 0 amide bonds. The number of ether oxygens (including phenoxy) is 4. The molecule has 8 nitrogen and oxygen atoms in total. The van der Waals surface area contributed by atoms with Gasteiger partial charge in [-0.25, -0.2) is 0 Å². The van der Waals surface area contributed by atoms with Crippen LogP contribution < -0.4 is 9.47 Å². The number of aliphatic hydroxyl groups is 4. The lowest BCUT2D eigenvalue weighted by atomic mass is 9.83. The first-order chi connectivity index (χ1) is 14.9. The Kier molecular flexibility index (Phi) is 5.14. The summed E-state index contributed by atoms with van der Waals surface area (Å²) in [6, 6.07) is 10.7. The van der Waals surface area contributed by atoms with Crippen molar-refractivity contribution in [3.05, 3.63) is 58.1 Å². The minimum Gasteiger partial charge on any atom is -0.486 e. The molecule has 3 heterocycles. The standard InChI is InChI=1S/C22H23ClO8/c23-15-3-2-14(22-20(27)18(25)19(26)21(10-24,31-22)11-30-22)9-13(15)7-12-1-4-16-17(8-12)29-6-5-28-16/h1-4,8-9,18-20,24-27H,5-7,10-11H2/t18?,19?,20?,21-,22?/m0/s1. The second-order valence-corrected chi connectivity index (χ2v) is 8.53. The molecular formula is C22H23ClO8. The minimum atomic E-state index is -1.73. The maximum Gasteiger partial charge on any atom is 0.225 e. The summed E-state index contributed by atoms with van der Waals surface area (Å²) >= 11 is 6.44. The van der Waals surface area contributed by atoms with Crippen LogP contribution in [0.15, 0.2) is 36.4 Å². The van der Waals surface area contributed by atoms with Crippen LogP contribution in [-0.4, -0.2) is 70.8 Å². The highest BCUT2D eigenvalue weighted by Gasteiger charge is 2.67. The van der Waals surface area contributed by atoms with Gasteiger partial charge in [-0.2, -0.15) is 0 Å². The average molecular weight is 451 g/mol. The van der Waals surface area contributed by atoms with Crippen molar-refractivity contribution in [3.8, 4) is 11.5 Å². The van der Waals surface area contributed by atoms with E-state index in [0.29, 0.717) is 41.7 Å². The van der Waals surface area contributed by atoms with E-state index in [1.165, 1.54) is 0 Å². The Bertz CT molecular complexity index is 999. The van der Waals surface area contributed by atoms with Gasteiger partial charge in [0, 0.05) is 10.6 Å². The third-order valence-electron chi connectivity index (χ3n) is 6.18. The van der Waals surface area contributed by atoms with E-state index in [4.69, 9.17) is 30.5 Å². The zero-order valence-electron chi connectivity index (χ0n) is 16.5. The predicted octanol–water partition coefficient (Wildman–Crippen LogP) is 0.729. The van der Waals surface area contributed by atoms with Gasteiger partial charge in [-0.1, -0.05) is 23.7 Å². The summed E-state index contributed by atoms with van der Waals surface area (Å²) in [6.45, 7) is 0.249. The summed E-state index contributed by atoms with van der Waals surface area (Å²) in [5.74, 6) is -0.364. The van der Waals surface area contributed by atoms with Crippen molar-refractivity contribution in [1.82, 2.24) is 0 Å². The monoisotopic (exact) mass is 450 g/mol. The summed E-state index contributed by atoms with van der Waals surface area (Å²) in [6.07, 6.45) is -4.15. The Morgan fingerprint density at radius 1 is 0.968 bits per heavy atom. The molecule has 0 spiro atoms. The zero-order valence-corrected chi connectivity index (χ0v) is 17.3. The van der Waals surface area contributed by atoms with E-state index in [9.17, 15) is 20.4 Å². The topological polar surface area (TPSA) is 118 Å². The Morgan fingerprint density at radius 3 is 2.52 bits per heavy atom. The summed E-state index contributed by atoms with van der Waals surface area (Å²) in [5, 5.41) is 41.7. The molecule has 2 aromatic carbocycles. The number of aliphatic hydroxyl groups excluding tert-OH is 4. The predicted molar refractivity (Wildman–Crippen MR) is 108 cm³/mol. The maximum atomic E-state index is 10.7. The highest BCUT2D eigenvalue weighted by Crippen LogP contribution is 2.49. The van der Waals surface area contributed by atoms with Gasteiger partial charge in [0.05, 0.1) is 13.2 Å². The Balaban J connectivity index is 1.49. The highest BCUT2D eigenvalue weighted by molar-refractivity contribution is 6.31. The summed E-state index contributed by atoms with van der Waals surface area (Å²) in [7, 11) is 0. The van der Waals surface area contributed by atoms with Crippen molar-refractivity contribution in [2.75, 3.05) is 26.4 Å². The van der Waals surface area contributed by atoms with Crippen molar-refractivity contribution in [1.29, 1.82) is 0 Å². The molecule has 3 aliphatic heterocycles. The van der Waals surface area contributed by atoms with E-state index in [-0.39, 0.29) is 6.61 Å². The van der Waals surface area contributed by atoms with Crippen molar-refractivity contribution in [2.45, 2.75) is 36.1 Å². The molecule has 166 valence electrons. The molecule has 2 fully saturated rings. The van der Waals surface area contributed by atoms with Crippen LogP contribution in [0.3, 0.4) is 0 Å². The van der Waals surface area contributed by atoms with Crippen molar-refractivity contribution in [3.63, 3.8) is 0 Å². The molecule has 4 unspecified atom stereocenters. The fourth-order valence-corrected chi connectivity index (χ4v) is 4.60. The third kappa shape index (κ3) is 3.22. The van der Waals surface area contributed by atoms with Crippen molar-refractivity contribution < 1.29 is 39.4 Å². The first kappa shape index (κ1) is 21.0. The van der Waals surface area contributed by atoms with E-state index in [2.05, 4.69) is 0 Å². The van der Waals surface area contributed by atoms with Gasteiger partial charge < -0.3 is 39.4 Å². The molecule has 0 aliphatic carbocycles. The van der Waals surface area contributed by atoms with E-state index in [1.54, 1.807) is 18.2 Å². The van der Waals surface area contributed by atoms with Crippen LogP contribution in [0, 0.1) is 0 Å². The average Bonchev–Trinajstić information content (AvgIpc) is 3.18. The number of rotatable bonds is 4. The summed E-state index contributed by atoms with van der Waals surface area (Å²) in [5.41, 5.74) is 0.595. The normalized spacial score (nSPS) is 34.0. The van der Waals surface area contributed by atoms with E-state index >= 15 is 0 Å². The molecule has 2 saturated heterocycles. The van der Waals surface area contributed by atoms with Crippen LogP contribution >= 0.6 is 11.6 Å². The lowest BCUT2D eigenvalue weighted by Crippen LogP contribution is -2.65. The number of halogens is 1. The van der Waals surface area contributed by atoms with Crippen LogP contribution in [0.25, 0.3) is 0 Å². The summed E-state index contributed by atoms with van der Waals surface area (Å²) < 4.78 is 22.9. The molecule has 0 aromatic heterocycles. The first-order valence-corrected chi connectivity index (χ1v) is 10.4. The smallest absolute Gasteiger partial charge is 0.225 e. The van der Waals surface area contributed by atoms with E-state index in [1.807, 2.05) is 18.2 Å². The summed E-state index contributed by atoms with van der Waals surface area (Å²) in [4.78, 5) is 0.